The van der Waals surface area contributed by atoms with E-state index in [9.17, 15) is 5.11 Å². The van der Waals surface area contributed by atoms with Crippen LogP contribution in [0.3, 0.4) is 0 Å². The van der Waals surface area contributed by atoms with E-state index in [1.54, 1.807) is 25.3 Å². The fourth-order valence-electron chi connectivity index (χ4n) is 3.16. The number of nitrogens with one attached hydrogen (secondary N) is 2. The van der Waals surface area contributed by atoms with E-state index in [0.717, 1.165) is 25.0 Å². The molecule has 23 heavy (non-hydrogen) atoms. The van der Waals surface area contributed by atoms with Crippen molar-refractivity contribution in [2.24, 2.45) is 16.8 Å². The molecule has 1 heterocycles. The van der Waals surface area contributed by atoms with Gasteiger partial charge < -0.3 is 20.2 Å². The van der Waals surface area contributed by atoms with Crippen LogP contribution in [0.5, 0.6) is 0 Å². The molecule has 1 aliphatic rings. The zero-order chi connectivity index (χ0) is 16.7. The molecule has 1 aromatic heterocycles. The summed E-state index contributed by atoms with van der Waals surface area (Å²) in [7, 11) is 0. The Labute approximate surface area is 139 Å². The summed E-state index contributed by atoms with van der Waals surface area (Å²) in [6.45, 7) is 8.12. The third-order valence-electron chi connectivity index (χ3n) is 4.76. The zero-order valence-corrected chi connectivity index (χ0v) is 14.6. The fraction of sp³-hybridized carbons (Fsp3) is 0.722. The van der Waals surface area contributed by atoms with Crippen LogP contribution in [0.1, 0.15) is 52.2 Å². The average Bonchev–Trinajstić information content (AvgIpc) is 3.07. The lowest BCUT2D eigenvalue weighted by Crippen LogP contribution is -2.42. The Balaban J connectivity index is 1.91. The summed E-state index contributed by atoms with van der Waals surface area (Å²) in [5.41, 5.74) is -1.09. The molecule has 3 atom stereocenters. The van der Waals surface area contributed by atoms with E-state index in [-0.39, 0.29) is 6.54 Å². The first-order chi connectivity index (χ1) is 11.0. The Morgan fingerprint density at radius 2 is 2.17 bits per heavy atom. The van der Waals surface area contributed by atoms with Crippen LogP contribution < -0.4 is 10.6 Å². The SMILES string of the molecule is CCNC(=NCC(C)(O)c1ccco1)NCC1CCCCC1C. The van der Waals surface area contributed by atoms with E-state index < -0.39 is 5.60 Å². The van der Waals surface area contributed by atoms with Gasteiger partial charge in [0.1, 0.15) is 11.4 Å². The smallest absolute Gasteiger partial charge is 0.191 e. The molecular formula is C18H31N3O2. The summed E-state index contributed by atoms with van der Waals surface area (Å²) in [6.07, 6.45) is 6.88. The summed E-state index contributed by atoms with van der Waals surface area (Å²) in [5.74, 6) is 2.78. The molecule has 0 amide bonds. The number of guanidine groups is 1. The van der Waals surface area contributed by atoms with Crippen LogP contribution in [-0.4, -0.2) is 30.7 Å². The molecule has 5 nitrogen and oxygen atoms in total. The molecular weight excluding hydrogens is 290 g/mol. The highest BCUT2D eigenvalue weighted by Crippen LogP contribution is 2.28. The molecule has 1 aromatic rings. The van der Waals surface area contributed by atoms with E-state index in [1.807, 2.05) is 6.92 Å². The van der Waals surface area contributed by atoms with Crippen molar-refractivity contribution in [3.8, 4) is 0 Å². The summed E-state index contributed by atoms with van der Waals surface area (Å²) in [4.78, 5) is 4.53. The minimum atomic E-state index is -1.09. The van der Waals surface area contributed by atoms with E-state index in [4.69, 9.17) is 4.42 Å². The van der Waals surface area contributed by atoms with Crippen LogP contribution in [0.25, 0.3) is 0 Å². The molecule has 0 aromatic carbocycles. The molecule has 3 unspecified atom stereocenters. The second kappa shape index (κ2) is 8.39. The van der Waals surface area contributed by atoms with Gasteiger partial charge in [0, 0.05) is 13.1 Å². The highest BCUT2D eigenvalue weighted by Gasteiger charge is 2.26. The van der Waals surface area contributed by atoms with E-state index in [0.29, 0.717) is 11.7 Å². The Morgan fingerprint density at radius 1 is 1.39 bits per heavy atom. The van der Waals surface area contributed by atoms with E-state index in [1.165, 1.54) is 25.7 Å². The Morgan fingerprint density at radius 3 is 2.83 bits per heavy atom. The highest BCUT2D eigenvalue weighted by atomic mass is 16.4. The third-order valence-corrected chi connectivity index (χ3v) is 4.76. The molecule has 1 fully saturated rings. The fourth-order valence-corrected chi connectivity index (χ4v) is 3.16. The lowest BCUT2D eigenvalue weighted by atomic mass is 9.80. The van der Waals surface area contributed by atoms with Crippen molar-refractivity contribution in [3.05, 3.63) is 24.2 Å². The number of furan rings is 1. The predicted molar refractivity (Wildman–Crippen MR) is 93.4 cm³/mol. The maximum atomic E-state index is 10.5. The monoisotopic (exact) mass is 321 g/mol. The first kappa shape index (κ1) is 17.9. The van der Waals surface area contributed by atoms with Gasteiger partial charge in [0.2, 0.25) is 0 Å². The summed E-state index contributed by atoms with van der Waals surface area (Å²) in [5, 5.41) is 17.2. The van der Waals surface area contributed by atoms with Crippen molar-refractivity contribution in [2.45, 2.75) is 52.1 Å². The van der Waals surface area contributed by atoms with Gasteiger partial charge in [-0.3, -0.25) is 0 Å². The van der Waals surface area contributed by atoms with Gasteiger partial charge in [-0.1, -0.05) is 26.2 Å². The number of hydrogen-bond acceptors (Lipinski definition) is 3. The van der Waals surface area contributed by atoms with Crippen LogP contribution in [0, 0.1) is 11.8 Å². The summed E-state index contributed by atoms with van der Waals surface area (Å²) in [6, 6.07) is 3.56. The van der Waals surface area contributed by atoms with Crippen molar-refractivity contribution < 1.29 is 9.52 Å². The van der Waals surface area contributed by atoms with Gasteiger partial charge in [-0.25, -0.2) is 4.99 Å². The van der Waals surface area contributed by atoms with Crippen molar-refractivity contribution in [2.75, 3.05) is 19.6 Å². The van der Waals surface area contributed by atoms with Crippen molar-refractivity contribution in [1.82, 2.24) is 10.6 Å². The second-order valence-corrected chi connectivity index (χ2v) is 6.85. The molecule has 3 N–H and O–H groups in total. The topological polar surface area (TPSA) is 69.8 Å². The number of hydrogen-bond donors (Lipinski definition) is 3. The molecule has 0 aliphatic heterocycles. The lowest BCUT2D eigenvalue weighted by Gasteiger charge is -2.29. The van der Waals surface area contributed by atoms with E-state index >= 15 is 0 Å². The van der Waals surface area contributed by atoms with Crippen LogP contribution in [0.15, 0.2) is 27.8 Å². The van der Waals surface area contributed by atoms with Crippen LogP contribution in [-0.2, 0) is 5.60 Å². The zero-order valence-electron chi connectivity index (χ0n) is 14.6. The van der Waals surface area contributed by atoms with Crippen molar-refractivity contribution in [1.29, 1.82) is 0 Å². The Kier molecular flexibility index (Phi) is 6.51. The highest BCUT2D eigenvalue weighted by molar-refractivity contribution is 5.79. The third kappa shape index (κ3) is 5.27. The molecule has 2 rings (SSSR count). The van der Waals surface area contributed by atoms with Gasteiger partial charge in [-0.15, -0.1) is 0 Å². The van der Waals surface area contributed by atoms with Gasteiger partial charge in [-0.05, 0) is 44.2 Å². The largest absolute Gasteiger partial charge is 0.466 e. The van der Waals surface area contributed by atoms with Crippen LogP contribution >= 0.6 is 0 Å². The summed E-state index contributed by atoms with van der Waals surface area (Å²) < 4.78 is 5.30. The lowest BCUT2D eigenvalue weighted by molar-refractivity contribution is 0.0437. The Hall–Kier alpha value is -1.49. The maximum absolute atomic E-state index is 10.5. The minimum Gasteiger partial charge on any atom is -0.466 e. The standard InChI is InChI=1S/C18H31N3O2/c1-4-19-17(20-12-15-9-6-5-8-14(15)2)21-13-18(3,22)16-10-7-11-23-16/h7,10-11,14-15,22H,4-6,8-9,12-13H2,1-3H3,(H2,19,20,21). The molecule has 0 spiro atoms. The molecule has 0 saturated heterocycles. The van der Waals surface area contributed by atoms with Gasteiger partial charge in [-0.2, -0.15) is 0 Å². The van der Waals surface area contributed by atoms with Crippen LogP contribution in [0.4, 0.5) is 0 Å². The first-order valence-corrected chi connectivity index (χ1v) is 8.81. The normalized spacial score (nSPS) is 25.0. The second-order valence-electron chi connectivity index (χ2n) is 6.85. The minimum absolute atomic E-state index is 0.260. The number of aliphatic imine (C=N–C) groups is 1. The van der Waals surface area contributed by atoms with Crippen molar-refractivity contribution >= 4 is 5.96 Å². The average molecular weight is 321 g/mol. The summed E-state index contributed by atoms with van der Waals surface area (Å²) >= 11 is 0. The van der Waals surface area contributed by atoms with Crippen LogP contribution in [0.2, 0.25) is 0 Å². The molecule has 130 valence electrons. The quantitative estimate of drug-likeness (QED) is 0.556. The molecule has 1 aliphatic carbocycles. The molecule has 5 heteroatoms. The van der Waals surface area contributed by atoms with Gasteiger partial charge >= 0.3 is 0 Å². The van der Waals surface area contributed by atoms with Gasteiger partial charge in [0.05, 0.1) is 12.8 Å². The first-order valence-electron chi connectivity index (χ1n) is 8.81. The number of aliphatic hydroxyl groups is 1. The maximum Gasteiger partial charge on any atom is 0.191 e. The molecule has 1 saturated carbocycles. The Bertz CT molecular complexity index is 482. The number of nitrogens with zero attached hydrogens (tertiary/aromatic N) is 1. The number of rotatable bonds is 6. The van der Waals surface area contributed by atoms with Gasteiger partial charge in [0.25, 0.3) is 0 Å². The predicted octanol–water partition coefficient (Wildman–Crippen LogP) is 2.87. The van der Waals surface area contributed by atoms with Crippen molar-refractivity contribution in [3.63, 3.8) is 0 Å². The van der Waals surface area contributed by atoms with Gasteiger partial charge in [0.15, 0.2) is 5.96 Å². The molecule has 0 bridgehead atoms. The van der Waals surface area contributed by atoms with E-state index in [2.05, 4.69) is 22.5 Å². The molecule has 0 radical (unpaired) electrons.